The topological polar surface area (TPSA) is 17.3 Å². The predicted molar refractivity (Wildman–Crippen MR) is 174 cm³/mol. The molecule has 0 unspecified atom stereocenters. The Kier molecular flexibility index (Phi) is 4.64. The van der Waals surface area contributed by atoms with Crippen molar-refractivity contribution < 1.29 is 0 Å². The SMILES string of the molecule is c1ccc2c(-c3ccc(-c4ccc5c(c4)c4ccc6ccccc6c4c4nc6ccccc6n54)cc3)cccc2c1. The average Bonchev–Trinajstić information content (AvgIpc) is 3.44. The lowest BCUT2D eigenvalue weighted by molar-refractivity contribution is 1.32. The molecule has 2 heteroatoms. The van der Waals surface area contributed by atoms with Crippen molar-refractivity contribution in [3.05, 3.63) is 146 Å². The van der Waals surface area contributed by atoms with E-state index in [9.17, 15) is 0 Å². The van der Waals surface area contributed by atoms with E-state index in [-0.39, 0.29) is 0 Å². The molecule has 0 fully saturated rings. The van der Waals surface area contributed by atoms with Gasteiger partial charge in [-0.05, 0) is 73.5 Å². The fourth-order valence-electron chi connectivity index (χ4n) is 6.62. The first-order chi connectivity index (χ1) is 20.3. The molecular weight excluding hydrogens is 496 g/mol. The Labute approximate surface area is 236 Å². The van der Waals surface area contributed by atoms with E-state index >= 15 is 0 Å². The lowest BCUT2D eigenvalue weighted by Crippen LogP contribution is -1.93. The second-order valence-electron chi connectivity index (χ2n) is 10.8. The summed E-state index contributed by atoms with van der Waals surface area (Å²) in [6, 6.07) is 52.6. The number of hydrogen-bond acceptors (Lipinski definition) is 1. The highest BCUT2D eigenvalue weighted by Gasteiger charge is 2.16. The van der Waals surface area contributed by atoms with E-state index in [0.29, 0.717) is 0 Å². The number of hydrogen-bond donors (Lipinski definition) is 0. The van der Waals surface area contributed by atoms with E-state index in [4.69, 9.17) is 4.98 Å². The molecule has 0 atom stereocenters. The minimum absolute atomic E-state index is 1.01. The number of aromatic nitrogens is 2. The maximum Gasteiger partial charge on any atom is 0.147 e. The predicted octanol–water partition coefficient (Wildman–Crippen LogP) is 10.4. The quantitative estimate of drug-likeness (QED) is 0.207. The van der Waals surface area contributed by atoms with Crippen molar-refractivity contribution in [2.45, 2.75) is 0 Å². The van der Waals surface area contributed by atoms with Crippen molar-refractivity contribution >= 4 is 59.9 Å². The first kappa shape index (κ1) is 22.4. The third kappa shape index (κ3) is 3.28. The van der Waals surface area contributed by atoms with Gasteiger partial charge >= 0.3 is 0 Å². The molecular formula is C39H24N2. The van der Waals surface area contributed by atoms with Gasteiger partial charge in [0, 0.05) is 10.8 Å². The van der Waals surface area contributed by atoms with Crippen LogP contribution in [-0.4, -0.2) is 9.38 Å². The number of rotatable bonds is 2. The summed E-state index contributed by atoms with van der Waals surface area (Å²) in [4.78, 5) is 5.15. The van der Waals surface area contributed by atoms with Gasteiger partial charge in [-0.3, -0.25) is 4.40 Å². The Hall–Kier alpha value is -5.47. The van der Waals surface area contributed by atoms with Crippen molar-refractivity contribution in [1.82, 2.24) is 9.38 Å². The van der Waals surface area contributed by atoms with Crippen LogP contribution in [0.2, 0.25) is 0 Å². The number of imidazole rings is 1. The normalized spacial score (nSPS) is 11.9. The molecule has 0 bridgehead atoms. The van der Waals surface area contributed by atoms with E-state index in [2.05, 4.69) is 150 Å². The lowest BCUT2D eigenvalue weighted by atomic mass is 9.94. The van der Waals surface area contributed by atoms with Crippen LogP contribution in [0.15, 0.2) is 146 Å². The number of benzene rings is 7. The number of fused-ring (bicyclic) bond motifs is 11. The van der Waals surface area contributed by atoms with Crippen LogP contribution < -0.4 is 0 Å². The molecule has 0 saturated carbocycles. The zero-order valence-corrected chi connectivity index (χ0v) is 22.3. The molecule has 190 valence electrons. The summed E-state index contributed by atoms with van der Waals surface area (Å²) in [7, 11) is 0. The van der Waals surface area contributed by atoms with Gasteiger partial charge in [0.2, 0.25) is 0 Å². The Bertz CT molecular complexity index is 2460. The van der Waals surface area contributed by atoms with Crippen LogP contribution in [0.1, 0.15) is 0 Å². The molecule has 0 amide bonds. The van der Waals surface area contributed by atoms with Crippen molar-refractivity contribution in [2.24, 2.45) is 0 Å². The molecule has 7 aromatic carbocycles. The number of pyridine rings is 1. The monoisotopic (exact) mass is 520 g/mol. The van der Waals surface area contributed by atoms with Gasteiger partial charge in [0.1, 0.15) is 5.65 Å². The summed E-state index contributed by atoms with van der Waals surface area (Å²) >= 11 is 0. The summed E-state index contributed by atoms with van der Waals surface area (Å²) < 4.78 is 2.34. The maximum atomic E-state index is 5.15. The van der Waals surface area contributed by atoms with Gasteiger partial charge in [-0.25, -0.2) is 4.98 Å². The van der Waals surface area contributed by atoms with Crippen LogP contribution in [0.5, 0.6) is 0 Å². The number of nitrogens with zero attached hydrogens (tertiary/aromatic N) is 2. The molecule has 0 spiro atoms. The Morgan fingerprint density at radius 2 is 1.10 bits per heavy atom. The Balaban J connectivity index is 1.29. The lowest BCUT2D eigenvalue weighted by Gasteiger charge is -2.13. The standard InChI is InChI=1S/C39H24N2/c1-3-11-30-26(8-1)10-7-13-31(30)28-18-16-25(17-19-28)29-21-23-36-34(24-29)33-22-20-27-9-2-4-12-32(27)38(33)39-40-35-14-5-6-15-37(35)41(36)39/h1-24H. The fourth-order valence-corrected chi connectivity index (χ4v) is 6.62. The minimum atomic E-state index is 1.01. The second kappa shape index (κ2) is 8.51. The number of para-hydroxylation sites is 2. The van der Waals surface area contributed by atoms with Crippen LogP contribution in [-0.2, 0) is 0 Å². The highest BCUT2D eigenvalue weighted by Crippen LogP contribution is 2.38. The molecule has 2 aromatic heterocycles. The van der Waals surface area contributed by atoms with Gasteiger partial charge in [0.25, 0.3) is 0 Å². The first-order valence-electron chi connectivity index (χ1n) is 14.1. The average molecular weight is 521 g/mol. The molecule has 0 aliphatic heterocycles. The smallest absolute Gasteiger partial charge is 0.147 e. The van der Waals surface area contributed by atoms with Crippen molar-refractivity contribution in [1.29, 1.82) is 0 Å². The van der Waals surface area contributed by atoms with E-state index in [1.165, 1.54) is 65.5 Å². The minimum Gasteiger partial charge on any atom is -0.292 e. The van der Waals surface area contributed by atoms with Crippen LogP contribution in [0, 0.1) is 0 Å². The van der Waals surface area contributed by atoms with E-state index in [1.54, 1.807) is 0 Å². The van der Waals surface area contributed by atoms with Crippen LogP contribution in [0.4, 0.5) is 0 Å². The zero-order valence-electron chi connectivity index (χ0n) is 22.3. The van der Waals surface area contributed by atoms with E-state index in [0.717, 1.165) is 16.7 Å². The van der Waals surface area contributed by atoms with Gasteiger partial charge in [-0.1, -0.05) is 121 Å². The fraction of sp³-hybridized carbons (Fsp3) is 0. The Morgan fingerprint density at radius 3 is 1.98 bits per heavy atom. The molecule has 9 aromatic rings. The van der Waals surface area contributed by atoms with Gasteiger partial charge in [0.05, 0.1) is 16.6 Å². The summed E-state index contributed by atoms with van der Waals surface area (Å²) in [5.74, 6) is 0. The van der Waals surface area contributed by atoms with Gasteiger partial charge in [-0.15, -0.1) is 0 Å². The molecule has 9 rings (SSSR count). The third-order valence-corrected chi connectivity index (χ3v) is 8.56. The molecule has 0 radical (unpaired) electrons. The summed E-state index contributed by atoms with van der Waals surface area (Å²) in [5.41, 5.74) is 9.25. The van der Waals surface area contributed by atoms with E-state index in [1.807, 2.05) is 0 Å². The van der Waals surface area contributed by atoms with Crippen LogP contribution >= 0.6 is 0 Å². The Morgan fingerprint density at radius 1 is 0.415 bits per heavy atom. The summed E-state index contributed by atoms with van der Waals surface area (Å²) in [5, 5.41) is 8.68. The maximum absolute atomic E-state index is 5.15. The molecule has 2 nitrogen and oxygen atoms in total. The molecule has 41 heavy (non-hydrogen) atoms. The van der Waals surface area contributed by atoms with Gasteiger partial charge < -0.3 is 0 Å². The highest BCUT2D eigenvalue weighted by molar-refractivity contribution is 6.23. The van der Waals surface area contributed by atoms with Crippen molar-refractivity contribution in [2.75, 3.05) is 0 Å². The molecule has 0 aliphatic carbocycles. The van der Waals surface area contributed by atoms with Crippen LogP contribution in [0.3, 0.4) is 0 Å². The molecule has 0 N–H and O–H groups in total. The van der Waals surface area contributed by atoms with Crippen LogP contribution in [0.25, 0.3) is 82.2 Å². The summed E-state index contributed by atoms with van der Waals surface area (Å²) in [6.45, 7) is 0. The largest absolute Gasteiger partial charge is 0.292 e. The molecule has 0 aliphatic rings. The van der Waals surface area contributed by atoms with E-state index < -0.39 is 0 Å². The third-order valence-electron chi connectivity index (χ3n) is 8.56. The summed E-state index contributed by atoms with van der Waals surface area (Å²) in [6.07, 6.45) is 0. The first-order valence-corrected chi connectivity index (χ1v) is 14.1. The van der Waals surface area contributed by atoms with Crippen molar-refractivity contribution in [3.63, 3.8) is 0 Å². The molecule has 2 heterocycles. The second-order valence-corrected chi connectivity index (χ2v) is 10.8. The van der Waals surface area contributed by atoms with Crippen molar-refractivity contribution in [3.8, 4) is 22.3 Å². The van der Waals surface area contributed by atoms with Gasteiger partial charge in [-0.2, -0.15) is 0 Å². The van der Waals surface area contributed by atoms with Gasteiger partial charge in [0.15, 0.2) is 0 Å². The zero-order chi connectivity index (χ0) is 26.9. The highest BCUT2D eigenvalue weighted by atomic mass is 15.0. The molecule has 0 saturated heterocycles.